The lowest BCUT2D eigenvalue weighted by Gasteiger charge is -2.38. The quantitative estimate of drug-likeness (QED) is 0.459. The lowest BCUT2D eigenvalue weighted by molar-refractivity contribution is -0.135. The van der Waals surface area contributed by atoms with Crippen LogP contribution in [-0.2, 0) is 9.53 Å². The summed E-state index contributed by atoms with van der Waals surface area (Å²) in [4.78, 5) is 23.1. The molecule has 1 saturated carbocycles. The number of methoxy groups -OCH3 is 1. The summed E-state index contributed by atoms with van der Waals surface area (Å²) in [6.07, 6.45) is 7.15. The summed E-state index contributed by atoms with van der Waals surface area (Å²) in [5.74, 6) is 0.919. The van der Waals surface area contributed by atoms with Crippen molar-refractivity contribution in [1.29, 1.82) is 0 Å². The van der Waals surface area contributed by atoms with Gasteiger partial charge in [-0.15, -0.1) is 0 Å². The topological polar surface area (TPSA) is 85.8 Å². The molecule has 32 heavy (non-hydrogen) atoms. The van der Waals surface area contributed by atoms with Crippen LogP contribution in [0.1, 0.15) is 39.5 Å². The molecule has 8 heteroatoms. The molecule has 2 aliphatic rings. The van der Waals surface area contributed by atoms with Gasteiger partial charge >= 0.3 is 12.0 Å². The van der Waals surface area contributed by atoms with Gasteiger partial charge in [0.2, 0.25) is 0 Å². The van der Waals surface area contributed by atoms with Crippen molar-refractivity contribution in [2.75, 3.05) is 37.1 Å². The van der Waals surface area contributed by atoms with Gasteiger partial charge in [0.1, 0.15) is 5.75 Å². The smallest absolute Gasteiger partial charge is 0.316 e. The number of hydrogen-bond acceptors (Lipinski definition) is 8. The SMILES string of the molecule is COc1ncc(Nc2cc(OC(=O)C3CC3)ccc2N(CC(C)C)C2CCOCC2)cn1. The van der Waals surface area contributed by atoms with E-state index in [0.29, 0.717) is 23.7 Å². The Bertz CT molecular complexity index is 909. The number of benzene rings is 1. The fourth-order valence-electron chi connectivity index (χ4n) is 3.92. The van der Waals surface area contributed by atoms with E-state index in [0.717, 1.165) is 62.5 Å². The Kier molecular flexibility index (Phi) is 7.09. The maximum absolute atomic E-state index is 12.2. The van der Waals surface area contributed by atoms with Gasteiger partial charge < -0.3 is 24.4 Å². The molecule has 0 atom stereocenters. The second kappa shape index (κ2) is 10.2. The summed E-state index contributed by atoms with van der Waals surface area (Å²) in [7, 11) is 1.54. The monoisotopic (exact) mass is 440 g/mol. The van der Waals surface area contributed by atoms with Crippen LogP contribution in [0.4, 0.5) is 17.1 Å². The van der Waals surface area contributed by atoms with E-state index in [4.69, 9.17) is 14.2 Å². The minimum atomic E-state index is -0.153. The third-order valence-corrected chi connectivity index (χ3v) is 5.69. The molecule has 1 aliphatic carbocycles. The van der Waals surface area contributed by atoms with Crippen LogP contribution in [0, 0.1) is 11.8 Å². The first kappa shape index (κ1) is 22.3. The van der Waals surface area contributed by atoms with Crippen LogP contribution in [0.25, 0.3) is 0 Å². The first-order valence-corrected chi connectivity index (χ1v) is 11.4. The number of rotatable bonds is 9. The van der Waals surface area contributed by atoms with Crippen LogP contribution >= 0.6 is 0 Å². The third-order valence-electron chi connectivity index (χ3n) is 5.69. The highest BCUT2D eigenvalue weighted by atomic mass is 16.5. The molecule has 4 rings (SSSR count). The maximum Gasteiger partial charge on any atom is 0.316 e. The average molecular weight is 441 g/mol. The number of esters is 1. The van der Waals surface area contributed by atoms with E-state index in [1.165, 1.54) is 7.11 Å². The van der Waals surface area contributed by atoms with E-state index in [1.807, 2.05) is 18.2 Å². The zero-order valence-corrected chi connectivity index (χ0v) is 19.0. The van der Waals surface area contributed by atoms with E-state index >= 15 is 0 Å². The fourth-order valence-corrected chi connectivity index (χ4v) is 3.92. The molecule has 2 heterocycles. The van der Waals surface area contributed by atoms with Crippen molar-refractivity contribution in [1.82, 2.24) is 9.97 Å². The largest absolute Gasteiger partial charge is 0.467 e. The minimum absolute atomic E-state index is 0.0424. The highest BCUT2D eigenvalue weighted by Gasteiger charge is 2.32. The Morgan fingerprint density at radius 1 is 1.19 bits per heavy atom. The van der Waals surface area contributed by atoms with E-state index in [1.54, 1.807) is 12.4 Å². The van der Waals surface area contributed by atoms with Crippen molar-refractivity contribution < 1.29 is 19.0 Å². The number of ether oxygens (including phenoxy) is 3. The molecule has 1 saturated heterocycles. The van der Waals surface area contributed by atoms with Crippen LogP contribution in [0.2, 0.25) is 0 Å². The number of anilines is 3. The maximum atomic E-state index is 12.2. The molecule has 1 N–H and O–H groups in total. The molecule has 0 radical (unpaired) electrons. The molecule has 8 nitrogen and oxygen atoms in total. The predicted molar refractivity (Wildman–Crippen MR) is 123 cm³/mol. The highest BCUT2D eigenvalue weighted by Crippen LogP contribution is 2.37. The lowest BCUT2D eigenvalue weighted by atomic mass is 10.0. The van der Waals surface area contributed by atoms with Crippen molar-refractivity contribution in [3.8, 4) is 11.8 Å². The summed E-state index contributed by atoms with van der Waals surface area (Å²) < 4.78 is 16.3. The normalized spacial score (nSPS) is 16.6. The van der Waals surface area contributed by atoms with Crippen molar-refractivity contribution >= 4 is 23.0 Å². The number of carbonyl (C=O) groups excluding carboxylic acids is 1. The fraction of sp³-hybridized carbons (Fsp3) is 0.542. The van der Waals surface area contributed by atoms with Crippen LogP contribution in [0.15, 0.2) is 30.6 Å². The summed E-state index contributed by atoms with van der Waals surface area (Å²) in [5, 5.41) is 3.43. The third kappa shape index (κ3) is 5.68. The van der Waals surface area contributed by atoms with Crippen molar-refractivity contribution in [3.63, 3.8) is 0 Å². The summed E-state index contributed by atoms with van der Waals surface area (Å²) in [5.41, 5.74) is 2.65. The summed E-state index contributed by atoms with van der Waals surface area (Å²) in [6, 6.07) is 6.52. The van der Waals surface area contributed by atoms with Gasteiger partial charge in [0.05, 0.1) is 42.5 Å². The molecule has 0 unspecified atom stereocenters. The molecular formula is C24H32N4O4. The summed E-state index contributed by atoms with van der Waals surface area (Å²) >= 11 is 0. The van der Waals surface area contributed by atoms with Crippen LogP contribution < -0.4 is 19.7 Å². The first-order valence-electron chi connectivity index (χ1n) is 11.4. The Labute approximate surface area is 189 Å². The number of carbonyl (C=O) groups is 1. The molecule has 2 aromatic rings. The van der Waals surface area contributed by atoms with E-state index < -0.39 is 0 Å². The van der Waals surface area contributed by atoms with Gasteiger partial charge in [0.25, 0.3) is 0 Å². The molecule has 1 aliphatic heterocycles. The Balaban J connectivity index is 1.66. The van der Waals surface area contributed by atoms with Gasteiger partial charge in [0, 0.05) is 31.9 Å². The molecule has 0 spiro atoms. The predicted octanol–water partition coefficient (Wildman–Crippen LogP) is 4.19. The van der Waals surface area contributed by atoms with Gasteiger partial charge in [-0.05, 0) is 43.7 Å². The first-order chi connectivity index (χ1) is 15.5. The van der Waals surface area contributed by atoms with Gasteiger partial charge in [-0.25, -0.2) is 9.97 Å². The number of nitrogens with zero attached hydrogens (tertiary/aromatic N) is 3. The van der Waals surface area contributed by atoms with E-state index in [-0.39, 0.29) is 11.9 Å². The molecule has 2 fully saturated rings. The minimum Gasteiger partial charge on any atom is -0.467 e. The number of aromatic nitrogens is 2. The van der Waals surface area contributed by atoms with Crippen molar-refractivity contribution in [3.05, 3.63) is 30.6 Å². The molecule has 1 aromatic carbocycles. The molecule has 172 valence electrons. The van der Waals surface area contributed by atoms with Crippen molar-refractivity contribution in [2.24, 2.45) is 11.8 Å². The standard InChI is InChI=1S/C24H32N4O4/c1-16(2)15-28(19-8-10-31-11-9-19)22-7-6-20(32-23(29)17-4-5-17)12-21(22)27-18-13-25-24(30-3)26-14-18/h6-7,12-14,16-17,19,27H,4-5,8-11,15H2,1-3H3. The van der Waals surface area contributed by atoms with Crippen LogP contribution in [0.5, 0.6) is 11.8 Å². The van der Waals surface area contributed by atoms with E-state index in [2.05, 4.69) is 34.0 Å². The lowest BCUT2D eigenvalue weighted by Crippen LogP contribution is -2.42. The Morgan fingerprint density at radius 2 is 1.91 bits per heavy atom. The van der Waals surface area contributed by atoms with Gasteiger partial charge in [-0.2, -0.15) is 0 Å². The second-order valence-electron chi connectivity index (χ2n) is 8.85. The Morgan fingerprint density at radius 3 is 2.53 bits per heavy atom. The van der Waals surface area contributed by atoms with Gasteiger partial charge in [0.15, 0.2) is 0 Å². The molecular weight excluding hydrogens is 408 g/mol. The Hall–Kier alpha value is -2.87. The van der Waals surface area contributed by atoms with Gasteiger partial charge in [-0.1, -0.05) is 13.8 Å². The van der Waals surface area contributed by atoms with Crippen LogP contribution in [-0.4, -0.2) is 48.8 Å². The average Bonchev–Trinajstić information content (AvgIpc) is 3.65. The van der Waals surface area contributed by atoms with Crippen molar-refractivity contribution in [2.45, 2.75) is 45.6 Å². The molecule has 0 amide bonds. The summed E-state index contributed by atoms with van der Waals surface area (Å²) in [6.45, 7) is 6.90. The highest BCUT2D eigenvalue weighted by molar-refractivity contribution is 5.80. The number of hydrogen-bond donors (Lipinski definition) is 1. The van der Waals surface area contributed by atoms with E-state index in [9.17, 15) is 4.79 Å². The molecule has 1 aromatic heterocycles. The zero-order valence-electron chi connectivity index (χ0n) is 19.0. The zero-order chi connectivity index (χ0) is 22.5. The molecule has 0 bridgehead atoms. The van der Waals surface area contributed by atoms with Crippen LogP contribution in [0.3, 0.4) is 0 Å². The second-order valence-corrected chi connectivity index (χ2v) is 8.85. The van der Waals surface area contributed by atoms with Gasteiger partial charge in [-0.3, -0.25) is 4.79 Å². The number of nitrogens with one attached hydrogen (secondary N) is 1.